The Morgan fingerprint density at radius 2 is 1.76 bits per heavy atom. The minimum Gasteiger partial charge on any atom is -0.494 e. The van der Waals surface area contributed by atoms with Gasteiger partial charge in [0.25, 0.3) is 0 Å². The van der Waals surface area contributed by atoms with E-state index in [0.29, 0.717) is 23.8 Å². The fourth-order valence-corrected chi connectivity index (χ4v) is 2.88. The van der Waals surface area contributed by atoms with Crippen molar-refractivity contribution in [2.24, 2.45) is 5.92 Å². The standard InChI is InChI=1S/C20H24N2O3/c1-2-24-16-7-9-17(10-8-16)25-19-6-4-3-5-18(19)22-20(23)15-11-13-21-14-12-15/h3-10,15,21H,2,11-14H2,1H3,(H,22,23). The summed E-state index contributed by atoms with van der Waals surface area (Å²) in [5.74, 6) is 2.26. The van der Waals surface area contributed by atoms with Crippen LogP contribution in [-0.4, -0.2) is 25.6 Å². The molecule has 0 radical (unpaired) electrons. The molecule has 1 fully saturated rings. The molecule has 5 nitrogen and oxygen atoms in total. The fourth-order valence-electron chi connectivity index (χ4n) is 2.88. The highest BCUT2D eigenvalue weighted by atomic mass is 16.5. The first-order valence-corrected chi connectivity index (χ1v) is 8.77. The van der Waals surface area contributed by atoms with E-state index in [2.05, 4.69) is 10.6 Å². The number of piperidine rings is 1. The van der Waals surface area contributed by atoms with Crippen LogP contribution in [0.3, 0.4) is 0 Å². The van der Waals surface area contributed by atoms with Crippen LogP contribution >= 0.6 is 0 Å². The summed E-state index contributed by atoms with van der Waals surface area (Å²) in [6.45, 7) is 4.36. The summed E-state index contributed by atoms with van der Waals surface area (Å²) < 4.78 is 11.4. The molecule has 0 bridgehead atoms. The zero-order valence-electron chi connectivity index (χ0n) is 14.5. The van der Waals surface area contributed by atoms with Crippen LogP contribution in [-0.2, 0) is 4.79 Å². The molecular weight excluding hydrogens is 316 g/mol. The van der Waals surface area contributed by atoms with Crippen molar-refractivity contribution in [3.8, 4) is 17.2 Å². The van der Waals surface area contributed by atoms with Gasteiger partial charge in [-0.15, -0.1) is 0 Å². The van der Waals surface area contributed by atoms with Gasteiger partial charge in [0, 0.05) is 5.92 Å². The van der Waals surface area contributed by atoms with Crippen LogP contribution in [0.2, 0.25) is 0 Å². The van der Waals surface area contributed by atoms with Gasteiger partial charge in [-0.1, -0.05) is 12.1 Å². The van der Waals surface area contributed by atoms with Crippen molar-refractivity contribution in [3.63, 3.8) is 0 Å². The average molecular weight is 340 g/mol. The zero-order chi connectivity index (χ0) is 17.5. The van der Waals surface area contributed by atoms with E-state index in [1.165, 1.54) is 0 Å². The number of anilines is 1. The third-order valence-corrected chi connectivity index (χ3v) is 4.22. The van der Waals surface area contributed by atoms with Crippen LogP contribution in [0.1, 0.15) is 19.8 Å². The third-order valence-electron chi connectivity index (χ3n) is 4.22. The van der Waals surface area contributed by atoms with Gasteiger partial charge in [0.05, 0.1) is 12.3 Å². The van der Waals surface area contributed by atoms with Crippen molar-refractivity contribution in [1.82, 2.24) is 5.32 Å². The van der Waals surface area contributed by atoms with Gasteiger partial charge in [0.1, 0.15) is 11.5 Å². The third kappa shape index (κ3) is 4.73. The molecule has 3 rings (SSSR count). The predicted octanol–water partition coefficient (Wildman–Crippen LogP) is 3.82. The molecule has 0 aromatic heterocycles. The number of nitrogens with one attached hydrogen (secondary N) is 2. The second kappa shape index (κ2) is 8.53. The van der Waals surface area contributed by atoms with E-state index >= 15 is 0 Å². The van der Waals surface area contributed by atoms with Crippen LogP contribution in [0.15, 0.2) is 48.5 Å². The number of rotatable bonds is 6. The first kappa shape index (κ1) is 17.3. The monoisotopic (exact) mass is 340 g/mol. The van der Waals surface area contributed by atoms with Gasteiger partial charge < -0.3 is 20.1 Å². The van der Waals surface area contributed by atoms with Crippen molar-refractivity contribution in [2.75, 3.05) is 25.0 Å². The fraction of sp³-hybridized carbons (Fsp3) is 0.350. The maximum atomic E-state index is 12.5. The molecule has 2 aromatic carbocycles. The summed E-state index contributed by atoms with van der Waals surface area (Å²) in [6, 6.07) is 15.0. The lowest BCUT2D eigenvalue weighted by Gasteiger charge is -2.22. The Balaban J connectivity index is 1.68. The highest BCUT2D eigenvalue weighted by Crippen LogP contribution is 2.31. The normalized spacial score (nSPS) is 14.8. The molecule has 2 aromatic rings. The van der Waals surface area contributed by atoms with E-state index in [1.54, 1.807) is 0 Å². The van der Waals surface area contributed by atoms with Crippen molar-refractivity contribution < 1.29 is 14.3 Å². The Labute approximate surface area is 148 Å². The lowest BCUT2D eigenvalue weighted by atomic mass is 9.97. The van der Waals surface area contributed by atoms with Crippen molar-refractivity contribution >= 4 is 11.6 Å². The maximum absolute atomic E-state index is 12.5. The lowest BCUT2D eigenvalue weighted by molar-refractivity contribution is -0.120. The molecule has 2 N–H and O–H groups in total. The topological polar surface area (TPSA) is 59.6 Å². The summed E-state index contributed by atoms with van der Waals surface area (Å²) in [4.78, 5) is 12.5. The molecule has 132 valence electrons. The molecule has 1 heterocycles. The predicted molar refractivity (Wildman–Crippen MR) is 98.4 cm³/mol. The van der Waals surface area contributed by atoms with E-state index in [4.69, 9.17) is 9.47 Å². The summed E-state index contributed by atoms with van der Waals surface area (Å²) >= 11 is 0. The van der Waals surface area contributed by atoms with Gasteiger partial charge in [0.2, 0.25) is 5.91 Å². The Hall–Kier alpha value is -2.53. The summed E-state index contributed by atoms with van der Waals surface area (Å²) in [7, 11) is 0. The van der Waals surface area contributed by atoms with E-state index in [1.807, 2.05) is 55.5 Å². The molecule has 0 atom stereocenters. The first-order chi connectivity index (χ1) is 12.3. The number of ether oxygens (including phenoxy) is 2. The number of benzene rings is 2. The Morgan fingerprint density at radius 1 is 1.08 bits per heavy atom. The van der Waals surface area contributed by atoms with Crippen LogP contribution in [0.25, 0.3) is 0 Å². The van der Waals surface area contributed by atoms with E-state index in [0.717, 1.165) is 31.7 Å². The molecule has 0 spiro atoms. The van der Waals surface area contributed by atoms with Gasteiger partial charge in [-0.3, -0.25) is 4.79 Å². The van der Waals surface area contributed by atoms with Crippen molar-refractivity contribution in [2.45, 2.75) is 19.8 Å². The number of carbonyl (C=O) groups is 1. The quantitative estimate of drug-likeness (QED) is 0.839. The second-order valence-electron chi connectivity index (χ2n) is 6.02. The summed E-state index contributed by atoms with van der Waals surface area (Å²) in [5.41, 5.74) is 0.694. The van der Waals surface area contributed by atoms with Gasteiger partial charge in [-0.05, 0) is 69.3 Å². The number of amides is 1. The number of hydrogen-bond acceptors (Lipinski definition) is 4. The summed E-state index contributed by atoms with van der Waals surface area (Å²) in [6.07, 6.45) is 1.74. The number of carbonyl (C=O) groups excluding carboxylic acids is 1. The Morgan fingerprint density at radius 3 is 2.48 bits per heavy atom. The number of hydrogen-bond donors (Lipinski definition) is 2. The van der Waals surface area contributed by atoms with Crippen LogP contribution < -0.4 is 20.1 Å². The molecule has 0 saturated carbocycles. The van der Waals surface area contributed by atoms with E-state index < -0.39 is 0 Å². The number of para-hydroxylation sites is 2. The SMILES string of the molecule is CCOc1ccc(Oc2ccccc2NC(=O)C2CCNCC2)cc1. The molecule has 1 saturated heterocycles. The smallest absolute Gasteiger partial charge is 0.227 e. The highest BCUT2D eigenvalue weighted by molar-refractivity contribution is 5.94. The molecular formula is C20H24N2O3. The minimum atomic E-state index is 0.0554. The lowest BCUT2D eigenvalue weighted by Crippen LogP contribution is -2.34. The minimum absolute atomic E-state index is 0.0554. The molecule has 0 aliphatic carbocycles. The van der Waals surface area contributed by atoms with Gasteiger partial charge in [-0.25, -0.2) is 0 Å². The summed E-state index contributed by atoms with van der Waals surface area (Å²) in [5, 5.41) is 6.29. The van der Waals surface area contributed by atoms with Crippen molar-refractivity contribution in [3.05, 3.63) is 48.5 Å². The van der Waals surface area contributed by atoms with Crippen molar-refractivity contribution in [1.29, 1.82) is 0 Å². The highest BCUT2D eigenvalue weighted by Gasteiger charge is 2.21. The first-order valence-electron chi connectivity index (χ1n) is 8.77. The van der Waals surface area contributed by atoms with Gasteiger partial charge in [-0.2, -0.15) is 0 Å². The average Bonchev–Trinajstić information content (AvgIpc) is 2.66. The molecule has 1 amide bonds. The molecule has 0 unspecified atom stereocenters. The Bertz CT molecular complexity index is 694. The van der Waals surface area contributed by atoms with Crippen LogP contribution in [0.4, 0.5) is 5.69 Å². The Kier molecular flexibility index (Phi) is 5.90. The van der Waals surface area contributed by atoms with Gasteiger partial charge >= 0.3 is 0 Å². The van der Waals surface area contributed by atoms with Crippen LogP contribution in [0.5, 0.6) is 17.2 Å². The maximum Gasteiger partial charge on any atom is 0.227 e. The van der Waals surface area contributed by atoms with E-state index in [-0.39, 0.29) is 11.8 Å². The molecule has 5 heteroatoms. The zero-order valence-corrected chi connectivity index (χ0v) is 14.5. The molecule has 1 aliphatic rings. The largest absolute Gasteiger partial charge is 0.494 e. The van der Waals surface area contributed by atoms with Gasteiger partial charge in [0.15, 0.2) is 5.75 Å². The molecule has 25 heavy (non-hydrogen) atoms. The molecule has 1 aliphatic heterocycles. The van der Waals surface area contributed by atoms with Crippen LogP contribution in [0, 0.1) is 5.92 Å². The second-order valence-corrected chi connectivity index (χ2v) is 6.02. The van der Waals surface area contributed by atoms with E-state index in [9.17, 15) is 4.79 Å².